The lowest BCUT2D eigenvalue weighted by molar-refractivity contribution is 0.283. The summed E-state index contributed by atoms with van der Waals surface area (Å²) in [4.78, 5) is 0. The first-order chi connectivity index (χ1) is 7.12. The summed E-state index contributed by atoms with van der Waals surface area (Å²) in [5.41, 5.74) is 10.1. The molecule has 0 aromatic carbocycles. The molecule has 0 bridgehead atoms. The van der Waals surface area contributed by atoms with Crippen LogP contribution in [0.5, 0.6) is 0 Å². The summed E-state index contributed by atoms with van der Waals surface area (Å²) in [6.07, 6.45) is 6.19. The first-order valence-electron chi connectivity index (χ1n) is 5.97. The molecule has 0 atom stereocenters. The zero-order chi connectivity index (χ0) is 10.6. The van der Waals surface area contributed by atoms with Crippen LogP contribution in [-0.4, -0.2) is 9.78 Å². The Balaban J connectivity index is 2.03. The van der Waals surface area contributed by atoms with E-state index in [1.807, 2.05) is 0 Å². The van der Waals surface area contributed by atoms with E-state index >= 15 is 0 Å². The molecule has 2 fully saturated rings. The molecule has 0 unspecified atom stereocenters. The second-order valence-electron chi connectivity index (χ2n) is 5.23. The Morgan fingerprint density at radius 1 is 1.33 bits per heavy atom. The second kappa shape index (κ2) is 2.85. The van der Waals surface area contributed by atoms with Crippen LogP contribution < -0.4 is 5.73 Å². The number of nitrogens with zero attached hydrogens (tertiary/aromatic N) is 2. The quantitative estimate of drug-likeness (QED) is 0.804. The van der Waals surface area contributed by atoms with Crippen molar-refractivity contribution in [2.75, 3.05) is 0 Å². The van der Waals surface area contributed by atoms with Gasteiger partial charge in [0.1, 0.15) is 0 Å². The van der Waals surface area contributed by atoms with Crippen LogP contribution in [0.3, 0.4) is 0 Å². The van der Waals surface area contributed by atoms with Crippen LogP contribution in [0.1, 0.15) is 55.1 Å². The van der Waals surface area contributed by atoms with Crippen LogP contribution in [0.25, 0.3) is 0 Å². The van der Waals surface area contributed by atoms with E-state index in [1.165, 1.54) is 30.5 Å². The minimum Gasteiger partial charge on any atom is -0.321 e. The number of aromatic nitrogens is 2. The Bertz CT molecular complexity index is 397. The van der Waals surface area contributed by atoms with Gasteiger partial charge in [0.25, 0.3) is 0 Å². The predicted octanol–water partition coefficient (Wildman–Crippen LogP) is 2.17. The van der Waals surface area contributed by atoms with Gasteiger partial charge in [0.2, 0.25) is 0 Å². The lowest BCUT2D eigenvalue weighted by atomic mass is 9.93. The van der Waals surface area contributed by atoms with Gasteiger partial charge >= 0.3 is 0 Å². The molecule has 0 radical (unpaired) electrons. The van der Waals surface area contributed by atoms with E-state index in [-0.39, 0.29) is 5.54 Å². The van der Waals surface area contributed by atoms with Crippen LogP contribution in [-0.2, 0) is 5.54 Å². The first-order valence-corrected chi connectivity index (χ1v) is 5.97. The third-order valence-electron chi connectivity index (χ3n) is 4.03. The Morgan fingerprint density at radius 3 is 2.47 bits per heavy atom. The molecule has 2 N–H and O–H groups in total. The average Bonchev–Trinajstić information content (AvgIpc) is 2.72. The molecule has 15 heavy (non-hydrogen) atoms. The fourth-order valence-electron chi connectivity index (χ4n) is 2.75. The summed E-state index contributed by atoms with van der Waals surface area (Å²) >= 11 is 0. The van der Waals surface area contributed by atoms with Gasteiger partial charge in [-0.3, -0.25) is 4.68 Å². The normalized spacial score (nSPS) is 23.9. The van der Waals surface area contributed by atoms with Crippen LogP contribution in [0, 0.1) is 13.8 Å². The molecule has 1 aromatic rings. The maximum Gasteiger partial charge on any atom is 0.0647 e. The Kier molecular flexibility index (Phi) is 1.78. The lowest BCUT2D eigenvalue weighted by Crippen LogP contribution is -2.22. The van der Waals surface area contributed by atoms with Crippen molar-refractivity contribution >= 4 is 0 Å². The van der Waals surface area contributed by atoms with E-state index in [0.29, 0.717) is 6.04 Å². The van der Waals surface area contributed by atoms with Crippen LogP contribution in [0.4, 0.5) is 0 Å². The van der Waals surface area contributed by atoms with E-state index in [2.05, 4.69) is 23.6 Å². The molecular weight excluding hydrogens is 186 g/mol. The Morgan fingerprint density at radius 2 is 2.00 bits per heavy atom. The summed E-state index contributed by atoms with van der Waals surface area (Å²) in [6.45, 7) is 4.28. The third kappa shape index (κ3) is 1.26. The molecule has 3 nitrogen and oxygen atoms in total. The lowest BCUT2D eigenvalue weighted by Gasteiger charge is -2.27. The van der Waals surface area contributed by atoms with Crippen molar-refractivity contribution in [3.8, 4) is 0 Å². The largest absolute Gasteiger partial charge is 0.321 e. The van der Waals surface area contributed by atoms with Gasteiger partial charge in [-0.05, 0) is 46.0 Å². The molecule has 0 aliphatic heterocycles. The smallest absolute Gasteiger partial charge is 0.0647 e. The van der Waals surface area contributed by atoms with Crippen LogP contribution >= 0.6 is 0 Å². The van der Waals surface area contributed by atoms with Gasteiger partial charge in [0.15, 0.2) is 0 Å². The van der Waals surface area contributed by atoms with Crippen molar-refractivity contribution in [1.29, 1.82) is 0 Å². The van der Waals surface area contributed by atoms with Crippen molar-refractivity contribution < 1.29 is 0 Å². The number of rotatable bonds is 2. The molecule has 82 valence electrons. The van der Waals surface area contributed by atoms with Crippen molar-refractivity contribution in [2.24, 2.45) is 5.73 Å². The summed E-state index contributed by atoms with van der Waals surface area (Å²) < 4.78 is 2.22. The molecule has 3 rings (SSSR count). The molecule has 2 aliphatic carbocycles. The zero-order valence-electron chi connectivity index (χ0n) is 9.58. The third-order valence-corrected chi connectivity index (χ3v) is 4.03. The van der Waals surface area contributed by atoms with Gasteiger partial charge in [-0.1, -0.05) is 0 Å². The summed E-state index contributed by atoms with van der Waals surface area (Å²) in [5, 5.41) is 4.68. The fraction of sp³-hybridized carbons (Fsp3) is 0.750. The monoisotopic (exact) mass is 205 g/mol. The highest BCUT2D eigenvalue weighted by atomic mass is 15.3. The molecule has 0 amide bonds. The van der Waals surface area contributed by atoms with E-state index in [9.17, 15) is 0 Å². The maximum absolute atomic E-state index is 6.29. The van der Waals surface area contributed by atoms with Gasteiger partial charge in [0.05, 0.1) is 11.7 Å². The molecular formula is C12H19N3. The van der Waals surface area contributed by atoms with Crippen molar-refractivity contribution in [1.82, 2.24) is 9.78 Å². The van der Waals surface area contributed by atoms with E-state index in [0.717, 1.165) is 18.5 Å². The van der Waals surface area contributed by atoms with Gasteiger partial charge in [0, 0.05) is 16.8 Å². The summed E-state index contributed by atoms with van der Waals surface area (Å²) in [6, 6.07) is 0.653. The highest BCUT2D eigenvalue weighted by Crippen LogP contribution is 2.46. The van der Waals surface area contributed by atoms with Gasteiger partial charge < -0.3 is 5.73 Å². The second-order valence-corrected chi connectivity index (χ2v) is 5.23. The molecule has 0 spiro atoms. The summed E-state index contributed by atoms with van der Waals surface area (Å²) in [7, 11) is 0. The topological polar surface area (TPSA) is 43.8 Å². The van der Waals surface area contributed by atoms with Crippen LogP contribution in [0.15, 0.2) is 0 Å². The predicted molar refractivity (Wildman–Crippen MR) is 59.7 cm³/mol. The Labute approximate surface area is 90.7 Å². The minimum absolute atomic E-state index is 0.0316. The SMILES string of the molecule is Cc1nn(C2CCC2)c(C)c1C1(N)CC1. The molecule has 0 saturated heterocycles. The molecule has 2 aliphatic rings. The number of hydrogen-bond acceptors (Lipinski definition) is 2. The Hall–Kier alpha value is -0.830. The average molecular weight is 205 g/mol. The van der Waals surface area contributed by atoms with Crippen molar-refractivity contribution in [3.05, 3.63) is 17.0 Å². The summed E-state index contributed by atoms with van der Waals surface area (Å²) in [5.74, 6) is 0. The highest BCUT2D eigenvalue weighted by Gasteiger charge is 2.44. The molecule has 2 saturated carbocycles. The number of aryl methyl sites for hydroxylation is 1. The number of nitrogens with two attached hydrogens (primary N) is 1. The number of hydrogen-bond donors (Lipinski definition) is 1. The molecule has 1 aromatic heterocycles. The standard InChI is InChI=1S/C12H19N3/c1-8-11(12(13)6-7-12)9(2)15(14-8)10-4-3-5-10/h10H,3-7,13H2,1-2H3. The van der Waals surface area contributed by atoms with Gasteiger partial charge in [-0.15, -0.1) is 0 Å². The van der Waals surface area contributed by atoms with E-state index < -0.39 is 0 Å². The van der Waals surface area contributed by atoms with Crippen molar-refractivity contribution in [3.63, 3.8) is 0 Å². The van der Waals surface area contributed by atoms with Gasteiger partial charge in [-0.2, -0.15) is 5.10 Å². The fourth-order valence-corrected chi connectivity index (χ4v) is 2.75. The van der Waals surface area contributed by atoms with E-state index in [4.69, 9.17) is 5.73 Å². The zero-order valence-corrected chi connectivity index (χ0v) is 9.58. The van der Waals surface area contributed by atoms with Crippen LogP contribution in [0.2, 0.25) is 0 Å². The molecule has 1 heterocycles. The highest BCUT2D eigenvalue weighted by molar-refractivity contribution is 5.37. The molecule has 3 heteroatoms. The first kappa shape index (κ1) is 9.40. The van der Waals surface area contributed by atoms with Crippen molar-refractivity contribution in [2.45, 2.75) is 57.5 Å². The van der Waals surface area contributed by atoms with E-state index in [1.54, 1.807) is 0 Å². The minimum atomic E-state index is -0.0316. The van der Waals surface area contributed by atoms with Gasteiger partial charge in [-0.25, -0.2) is 0 Å². The maximum atomic E-state index is 6.29.